The van der Waals surface area contributed by atoms with Crippen LogP contribution in [0.15, 0.2) is 11.5 Å². The van der Waals surface area contributed by atoms with Crippen LogP contribution >= 0.6 is 0 Å². The molecule has 1 aliphatic rings. The van der Waals surface area contributed by atoms with Crippen molar-refractivity contribution in [3.05, 3.63) is 11.5 Å². The number of aliphatic hydroxyl groups is 4. The van der Waals surface area contributed by atoms with Crippen molar-refractivity contribution in [3.63, 3.8) is 0 Å². The van der Waals surface area contributed by atoms with Gasteiger partial charge < -0.3 is 25.2 Å². The van der Waals surface area contributed by atoms with Crippen LogP contribution in [0.3, 0.4) is 0 Å². The molecule has 8 heteroatoms. The van der Waals surface area contributed by atoms with Crippen LogP contribution < -0.4 is 0 Å². The third kappa shape index (κ3) is 6.54. The second-order valence-electron chi connectivity index (χ2n) is 7.96. The highest BCUT2D eigenvalue weighted by molar-refractivity contribution is 5.99. The lowest BCUT2D eigenvalue weighted by Gasteiger charge is -2.34. The molecule has 0 aromatic rings. The van der Waals surface area contributed by atoms with Gasteiger partial charge >= 0.3 is 5.97 Å². The summed E-state index contributed by atoms with van der Waals surface area (Å²) in [6.07, 6.45) is 3.83. The third-order valence-electron chi connectivity index (χ3n) is 5.51. The minimum atomic E-state index is -2.85. The summed E-state index contributed by atoms with van der Waals surface area (Å²) in [7, 11) is 0. The van der Waals surface area contributed by atoms with Crippen molar-refractivity contribution in [2.75, 3.05) is 0 Å². The number of hydrogen-bond acceptors (Lipinski definition) is 8. The van der Waals surface area contributed by atoms with E-state index in [1.807, 2.05) is 6.92 Å². The number of aliphatic hydroxyl groups excluding tert-OH is 3. The van der Waals surface area contributed by atoms with Crippen LogP contribution in [0.5, 0.6) is 0 Å². The molecule has 0 amide bonds. The first-order valence-corrected chi connectivity index (χ1v) is 11.0. The Hall–Kier alpha value is -1.93. The van der Waals surface area contributed by atoms with Crippen molar-refractivity contribution in [1.29, 1.82) is 0 Å². The Bertz CT molecular complexity index is 627. The lowest BCUT2D eigenvalue weighted by atomic mass is 9.80. The second kappa shape index (κ2) is 12.7. The normalized spacial score (nSPS) is 19.5. The van der Waals surface area contributed by atoms with Crippen molar-refractivity contribution in [1.82, 2.24) is 0 Å². The Morgan fingerprint density at radius 1 is 0.933 bits per heavy atom. The molecule has 30 heavy (non-hydrogen) atoms. The Kier molecular flexibility index (Phi) is 11.0. The molecule has 172 valence electrons. The number of rotatable bonds is 16. The second-order valence-corrected chi connectivity index (χ2v) is 7.96. The van der Waals surface area contributed by atoms with Crippen molar-refractivity contribution in [2.45, 2.75) is 109 Å². The summed E-state index contributed by atoms with van der Waals surface area (Å²) in [5.41, 5.74) is -2.85. The van der Waals surface area contributed by atoms with E-state index in [0.717, 1.165) is 44.9 Å². The SMILES string of the molecule is CCCCCCCC(=O)C(O)[C@@](O)(C(=O)CCCCCCC)[C@H]1OC(=O)C(O)=C1O. The number of Topliss-reactive ketones (excluding diaryl/α,β-unsaturated/α-hetero) is 2. The fraction of sp³-hybridized carbons (Fsp3) is 0.773. The van der Waals surface area contributed by atoms with E-state index in [1.54, 1.807) is 0 Å². The zero-order valence-corrected chi connectivity index (χ0v) is 18.1. The zero-order valence-electron chi connectivity index (χ0n) is 18.1. The highest BCUT2D eigenvalue weighted by Gasteiger charge is 2.58. The van der Waals surface area contributed by atoms with Crippen LogP contribution in [-0.4, -0.2) is 55.8 Å². The summed E-state index contributed by atoms with van der Waals surface area (Å²) in [5, 5.41) is 41.2. The summed E-state index contributed by atoms with van der Waals surface area (Å²) < 4.78 is 4.75. The van der Waals surface area contributed by atoms with E-state index in [0.29, 0.717) is 19.3 Å². The summed E-state index contributed by atoms with van der Waals surface area (Å²) in [5.74, 6) is -5.22. The van der Waals surface area contributed by atoms with Crippen LogP contribution in [0.4, 0.5) is 0 Å². The fourth-order valence-corrected chi connectivity index (χ4v) is 3.56. The predicted octanol–water partition coefficient (Wildman–Crippen LogP) is 3.19. The van der Waals surface area contributed by atoms with Crippen LogP contribution in [0.25, 0.3) is 0 Å². The lowest BCUT2D eigenvalue weighted by molar-refractivity contribution is -0.184. The number of hydrogen-bond donors (Lipinski definition) is 4. The molecule has 0 saturated carbocycles. The van der Waals surface area contributed by atoms with Gasteiger partial charge in [-0.3, -0.25) is 9.59 Å². The maximum atomic E-state index is 12.8. The van der Waals surface area contributed by atoms with E-state index >= 15 is 0 Å². The Morgan fingerprint density at radius 2 is 1.43 bits per heavy atom. The van der Waals surface area contributed by atoms with E-state index in [1.165, 1.54) is 0 Å². The van der Waals surface area contributed by atoms with E-state index in [2.05, 4.69) is 6.92 Å². The summed E-state index contributed by atoms with van der Waals surface area (Å²) in [6.45, 7) is 4.10. The van der Waals surface area contributed by atoms with Crippen molar-refractivity contribution >= 4 is 17.5 Å². The molecule has 0 saturated heterocycles. The van der Waals surface area contributed by atoms with Crippen molar-refractivity contribution in [2.24, 2.45) is 0 Å². The lowest BCUT2D eigenvalue weighted by Crippen LogP contribution is -2.61. The van der Waals surface area contributed by atoms with Gasteiger partial charge in [-0.05, 0) is 12.8 Å². The molecule has 4 N–H and O–H groups in total. The summed E-state index contributed by atoms with van der Waals surface area (Å²) in [4.78, 5) is 36.9. The Morgan fingerprint density at radius 3 is 1.90 bits per heavy atom. The first-order chi connectivity index (χ1) is 14.2. The summed E-state index contributed by atoms with van der Waals surface area (Å²) >= 11 is 0. The predicted molar refractivity (Wildman–Crippen MR) is 110 cm³/mol. The van der Waals surface area contributed by atoms with Gasteiger partial charge in [0, 0.05) is 12.8 Å². The average molecular weight is 429 g/mol. The molecule has 0 aromatic heterocycles. The van der Waals surface area contributed by atoms with Gasteiger partial charge in [-0.15, -0.1) is 0 Å². The van der Waals surface area contributed by atoms with Crippen molar-refractivity contribution in [3.8, 4) is 0 Å². The first kappa shape index (κ1) is 26.1. The van der Waals surface area contributed by atoms with E-state index in [9.17, 15) is 34.8 Å². The third-order valence-corrected chi connectivity index (χ3v) is 5.51. The monoisotopic (exact) mass is 428 g/mol. The standard InChI is InChI=1S/C22H36O8/c1-3-5-7-9-11-13-15(23)19(27)22(29,16(24)14-12-10-8-6-4-2)20-17(25)18(26)21(28)30-20/h19-20,25-27,29H,3-14H2,1-2H3/t19?,20-,22-/m0/s1. The van der Waals surface area contributed by atoms with Gasteiger partial charge in [-0.25, -0.2) is 4.79 Å². The average Bonchev–Trinajstić information content (AvgIpc) is 2.99. The minimum Gasteiger partial charge on any atom is -0.505 e. The van der Waals surface area contributed by atoms with Crippen LogP contribution in [0.2, 0.25) is 0 Å². The molecule has 0 bridgehead atoms. The molecule has 0 aliphatic carbocycles. The molecule has 0 aromatic carbocycles. The molecular weight excluding hydrogens is 392 g/mol. The van der Waals surface area contributed by atoms with E-state index in [4.69, 9.17) is 4.74 Å². The van der Waals surface area contributed by atoms with Crippen LogP contribution in [-0.2, 0) is 19.1 Å². The number of esters is 1. The highest BCUT2D eigenvalue weighted by atomic mass is 16.6. The maximum Gasteiger partial charge on any atom is 0.378 e. The van der Waals surface area contributed by atoms with E-state index in [-0.39, 0.29) is 12.8 Å². The van der Waals surface area contributed by atoms with Gasteiger partial charge in [0.1, 0.15) is 0 Å². The molecule has 0 radical (unpaired) electrons. The molecule has 0 spiro atoms. The molecule has 8 nitrogen and oxygen atoms in total. The molecule has 0 fully saturated rings. The highest BCUT2D eigenvalue weighted by Crippen LogP contribution is 2.33. The molecular formula is C22H36O8. The fourth-order valence-electron chi connectivity index (χ4n) is 3.56. The first-order valence-electron chi connectivity index (χ1n) is 11.0. The summed E-state index contributed by atoms with van der Waals surface area (Å²) in [6, 6.07) is 0. The van der Waals surface area contributed by atoms with Gasteiger partial charge in [0.05, 0.1) is 0 Å². The number of cyclic esters (lactones) is 1. The van der Waals surface area contributed by atoms with Gasteiger partial charge in [0.15, 0.2) is 23.4 Å². The Labute approximate surface area is 177 Å². The quantitative estimate of drug-likeness (QED) is 0.217. The number of ether oxygens (including phenoxy) is 1. The molecule has 1 heterocycles. The number of unbranched alkanes of at least 4 members (excludes halogenated alkanes) is 8. The van der Waals surface area contributed by atoms with E-state index < -0.39 is 46.9 Å². The smallest absolute Gasteiger partial charge is 0.378 e. The number of carbonyl (C=O) groups is 3. The van der Waals surface area contributed by atoms with Gasteiger partial charge in [0.25, 0.3) is 0 Å². The van der Waals surface area contributed by atoms with Crippen LogP contribution in [0.1, 0.15) is 90.9 Å². The topological polar surface area (TPSA) is 141 Å². The van der Waals surface area contributed by atoms with Gasteiger partial charge in [0.2, 0.25) is 17.5 Å². The van der Waals surface area contributed by atoms with Crippen molar-refractivity contribution < 1.29 is 39.5 Å². The molecule has 1 rings (SSSR count). The van der Waals surface area contributed by atoms with Gasteiger partial charge in [-0.1, -0.05) is 65.2 Å². The van der Waals surface area contributed by atoms with Gasteiger partial charge in [-0.2, -0.15) is 0 Å². The largest absolute Gasteiger partial charge is 0.505 e. The molecule has 1 unspecified atom stereocenters. The maximum absolute atomic E-state index is 12.8. The number of carbonyl (C=O) groups excluding carboxylic acids is 3. The molecule has 1 aliphatic heterocycles. The molecule has 3 atom stereocenters. The Balaban J connectivity index is 2.93. The minimum absolute atomic E-state index is 0.0614. The number of ketones is 2. The zero-order chi connectivity index (χ0) is 22.7. The van der Waals surface area contributed by atoms with Crippen LogP contribution in [0, 0.1) is 0 Å².